The first-order chi connectivity index (χ1) is 8.98. The van der Waals surface area contributed by atoms with Crippen LogP contribution in [0.4, 0.5) is 0 Å². The van der Waals surface area contributed by atoms with Gasteiger partial charge in [0.15, 0.2) is 0 Å². The van der Waals surface area contributed by atoms with Gasteiger partial charge in [0.2, 0.25) is 0 Å². The summed E-state index contributed by atoms with van der Waals surface area (Å²) in [5, 5.41) is 9.63. The molecule has 0 radical (unpaired) electrons. The zero-order valence-electron chi connectivity index (χ0n) is 11.9. The van der Waals surface area contributed by atoms with Gasteiger partial charge in [0, 0.05) is 11.0 Å². The van der Waals surface area contributed by atoms with E-state index in [1.165, 1.54) is 0 Å². The molecule has 0 atom stereocenters. The number of rotatable bonds is 7. The van der Waals surface area contributed by atoms with Crippen LogP contribution in [0.15, 0.2) is 12.1 Å². The number of ether oxygens (including phenoxy) is 1. The number of nitrogens with zero attached hydrogens (tertiary/aromatic N) is 2. The molecule has 0 saturated heterocycles. The molecule has 1 aromatic rings. The summed E-state index contributed by atoms with van der Waals surface area (Å²) in [5.41, 5.74) is 1.71. The molecule has 0 amide bonds. The van der Waals surface area contributed by atoms with Crippen molar-refractivity contribution in [2.24, 2.45) is 5.41 Å². The molecule has 0 unspecified atom stereocenters. The summed E-state index contributed by atoms with van der Waals surface area (Å²) in [4.78, 5) is 4.43. The zero-order valence-corrected chi connectivity index (χ0v) is 13.5. The average molecular weight is 325 g/mol. The molecule has 0 aliphatic heterocycles. The fraction of sp³-hybridized carbons (Fsp3) is 0.600. The van der Waals surface area contributed by atoms with Crippen LogP contribution < -0.4 is 4.74 Å². The van der Waals surface area contributed by atoms with E-state index in [4.69, 9.17) is 10.00 Å². The molecular formula is C15H21BrN2O. The van der Waals surface area contributed by atoms with Gasteiger partial charge in [-0.15, -0.1) is 0 Å². The molecule has 0 aliphatic carbocycles. The third-order valence-corrected chi connectivity index (χ3v) is 3.49. The number of aromatic nitrogens is 1. The highest BCUT2D eigenvalue weighted by Crippen LogP contribution is 2.23. The Kier molecular flexibility index (Phi) is 6.30. The Balaban J connectivity index is 2.36. The van der Waals surface area contributed by atoms with Crippen molar-refractivity contribution in [1.29, 1.82) is 5.26 Å². The van der Waals surface area contributed by atoms with Crippen molar-refractivity contribution in [3.05, 3.63) is 23.5 Å². The Morgan fingerprint density at radius 3 is 2.74 bits per heavy atom. The van der Waals surface area contributed by atoms with Gasteiger partial charge in [-0.1, -0.05) is 15.9 Å². The molecule has 0 spiro atoms. The van der Waals surface area contributed by atoms with Crippen LogP contribution in [0, 0.1) is 23.7 Å². The van der Waals surface area contributed by atoms with Crippen molar-refractivity contribution in [2.45, 2.75) is 45.4 Å². The summed E-state index contributed by atoms with van der Waals surface area (Å²) in [6.07, 6.45) is 2.87. The van der Waals surface area contributed by atoms with E-state index in [0.717, 1.165) is 36.4 Å². The number of nitriles is 1. The van der Waals surface area contributed by atoms with Gasteiger partial charge in [-0.25, -0.2) is 0 Å². The van der Waals surface area contributed by atoms with E-state index < -0.39 is 0 Å². The van der Waals surface area contributed by atoms with Gasteiger partial charge < -0.3 is 4.74 Å². The molecule has 19 heavy (non-hydrogen) atoms. The monoisotopic (exact) mass is 324 g/mol. The first-order valence-corrected chi connectivity index (χ1v) is 7.67. The Morgan fingerprint density at radius 2 is 2.11 bits per heavy atom. The molecule has 0 bridgehead atoms. The largest absolute Gasteiger partial charge is 0.492 e. The molecule has 104 valence electrons. The van der Waals surface area contributed by atoms with Crippen LogP contribution in [0.3, 0.4) is 0 Å². The Morgan fingerprint density at radius 1 is 1.37 bits per heavy atom. The van der Waals surface area contributed by atoms with Gasteiger partial charge in [0.1, 0.15) is 5.75 Å². The minimum Gasteiger partial charge on any atom is -0.492 e. The standard InChI is InChI=1S/C15H21BrN2O/c1-12-6-7-14(13(10-16)18-12)19-9-5-4-8-15(2,3)11-17/h6-7H,4-5,8-10H2,1-3H3. The fourth-order valence-corrected chi connectivity index (χ4v) is 2.13. The first-order valence-electron chi connectivity index (χ1n) is 6.55. The smallest absolute Gasteiger partial charge is 0.141 e. The van der Waals surface area contributed by atoms with E-state index in [0.29, 0.717) is 11.9 Å². The molecule has 0 N–H and O–H groups in total. The first kappa shape index (κ1) is 16.0. The van der Waals surface area contributed by atoms with E-state index in [-0.39, 0.29) is 5.41 Å². The van der Waals surface area contributed by atoms with Crippen molar-refractivity contribution >= 4 is 15.9 Å². The summed E-state index contributed by atoms with van der Waals surface area (Å²) in [5.74, 6) is 0.849. The Bertz CT molecular complexity index is 452. The highest BCUT2D eigenvalue weighted by Gasteiger charge is 2.15. The second-order valence-electron chi connectivity index (χ2n) is 5.33. The number of aryl methyl sites for hydroxylation is 1. The van der Waals surface area contributed by atoms with Crippen LogP contribution in [-0.4, -0.2) is 11.6 Å². The molecule has 0 aliphatic rings. The molecule has 1 heterocycles. The van der Waals surface area contributed by atoms with E-state index in [2.05, 4.69) is 27.0 Å². The van der Waals surface area contributed by atoms with E-state index in [9.17, 15) is 0 Å². The maximum absolute atomic E-state index is 8.93. The van der Waals surface area contributed by atoms with Crippen LogP contribution in [0.25, 0.3) is 0 Å². The topological polar surface area (TPSA) is 45.9 Å². The van der Waals surface area contributed by atoms with Gasteiger partial charge in [0.05, 0.1) is 23.8 Å². The minimum absolute atomic E-state index is 0.230. The van der Waals surface area contributed by atoms with Gasteiger partial charge in [-0.3, -0.25) is 4.98 Å². The summed E-state index contributed by atoms with van der Waals surface area (Å²) >= 11 is 3.42. The summed E-state index contributed by atoms with van der Waals surface area (Å²) in [6, 6.07) is 6.25. The molecule has 0 saturated carbocycles. The average Bonchev–Trinajstić information content (AvgIpc) is 2.39. The molecule has 3 nitrogen and oxygen atoms in total. The summed E-state index contributed by atoms with van der Waals surface area (Å²) < 4.78 is 5.76. The second-order valence-corrected chi connectivity index (χ2v) is 5.89. The number of unbranched alkanes of at least 4 members (excludes halogenated alkanes) is 1. The Hall–Kier alpha value is -1.08. The van der Waals surface area contributed by atoms with E-state index >= 15 is 0 Å². The quantitative estimate of drug-likeness (QED) is 0.552. The van der Waals surface area contributed by atoms with Gasteiger partial charge >= 0.3 is 0 Å². The molecule has 1 rings (SSSR count). The highest BCUT2D eigenvalue weighted by molar-refractivity contribution is 9.08. The van der Waals surface area contributed by atoms with Crippen molar-refractivity contribution in [2.75, 3.05) is 6.61 Å². The normalized spacial score (nSPS) is 11.1. The molecule has 0 fully saturated rings. The van der Waals surface area contributed by atoms with Crippen molar-refractivity contribution < 1.29 is 4.74 Å². The summed E-state index contributed by atoms with van der Waals surface area (Å²) in [6.45, 7) is 6.59. The lowest BCUT2D eigenvalue weighted by Crippen LogP contribution is -2.08. The second kappa shape index (κ2) is 7.49. The lowest BCUT2D eigenvalue weighted by molar-refractivity contribution is 0.292. The molecular weight excluding hydrogens is 304 g/mol. The van der Waals surface area contributed by atoms with Gasteiger partial charge in [-0.05, 0) is 52.2 Å². The minimum atomic E-state index is -0.230. The van der Waals surface area contributed by atoms with Crippen LogP contribution in [0.1, 0.15) is 44.5 Å². The lowest BCUT2D eigenvalue weighted by atomic mass is 9.89. The van der Waals surface area contributed by atoms with Crippen LogP contribution >= 0.6 is 15.9 Å². The number of hydrogen-bond donors (Lipinski definition) is 0. The molecule has 4 heteroatoms. The van der Waals surface area contributed by atoms with Gasteiger partial charge in [0.25, 0.3) is 0 Å². The third kappa shape index (κ3) is 5.61. The summed E-state index contributed by atoms with van der Waals surface area (Å²) in [7, 11) is 0. The number of pyridine rings is 1. The maximum atomic E-state index is 8.93. The number of alkyl halides is 1. The molecule has 1 aromatic heterocycles. The highest BCUT2D eigenvalue weighted by atomic mass is 79.9. The fourth-order valence-electron chi connectivity index (χ4n) is 1.73. The maximum Gasteiger partial charge on any atom is 0.141 e. The van der Waals surface area contributed by atoms with Crippen LogP contribution in [0.2, 0.25) is 0 Å². The van der Waals surface area contributed by atoms with Gasteiger partial charge in [-0.2, -0.15) is 5.26 Å². The molecule has 0 aromatic carbocycles. The SMILES string of the molecule is Cc1ccc(OCCCCC(C)(C)C#N)c(CBr)n1. The number of hydrogen-bond acceptors (Lipinski definition) is 3. The third-order valence-electron chi connectivity index (χ3n) is 2.95. The van der Waals surface area contributed by atoms with E-state index in [1.807, 2.05) is 32.9 Å². The van der Waals surface area contributed by atoms with Crippen molar-refractivity contribution in [3.8, 4) is 11.8 Å². The van der Waals surface area contributed by atoms with Crippen LogP contribution in [0.5, 0.6) is 5.75 Å². The Labute approximate surface area is 124 Å². The van der Waals surface area contributed by atoms with Crippen molar-refractivity contribution in [1.82, 2.24) is 4.98 Å². The number of halogens is 1. The van der Waals surface area contributed by atoms with Crippen LogP contribution in [-0.2, 0) is 5.33 Å². The predicted octanol–water partition coefficient (Wildman–Crippen LogP) is 4.38. The predicted molar refractivity (Wildman–Crippen MR) is 80.3 cm³/mol. The van der Waals surface area contributed by atoms with Crippen molar-refractivity contribution in [3.63, 3.8) is 0 Å². The van der Waals surface area contributed by atoms with E-state index in [1.54, 1.807) is 0 Å². The lowest BCUT2D eigenvalue weighted by Gasteiger charge is -2.15. The zero-order chi connectivity index (χ0) is 14.3.